The zero-order valence-electron chi connectivity index (χ0n) is 9.89. The van der Waals surface area contributed by atoms with Crippen LogP contribution in [0.25, 0.3) is 5.69 Å². The predicted octanol–water partition coefficient (Wildman–Crippen LogP) is 2.19. The van der Waals surface area contributed by atoms with Crippen molar-refractivity contribution in [1.29, 1.82) is 0 Å². The summed E-state index contributed by atoms with van der Waals surface area (Å²) in [6.45, 7) is 2.58. The fourth-order valence-electron chi connectivity index (χ4n) is 2.05. The van der Waals surface area contributed by atoms with Crippen LogP contribution in [0, 0.1) is 5.82 Å². The van der Waals surface area contributed by atoms with Crippen molar-refractivity contribution in [2.45, 2.75) is 30.8 Å². The SMILES string of the molecule is CCCn1nc2n(c1=O)-c1cc(F)ccc1CS2. The molecule has 0 aliphatic carbocycles. The van der Waals surface area contributed by atoms with Crippen LogP contribution in [0.2, 0.25) is 0 Å². The van der Waals surface area contributed by atoms with Gasteiger partial charge in [-0.2, -0.15) is 0 Å². The lowest BCUT2D eigenvalue weighted by Crippen LogP contribution is -2.25. The first-order valence-corrected chi connectivity index (χ1v) is 6.80. The first kappa shape index (κ1) is 11.5. The fourth-order valence-corrected chi connectivity index (χ4v) is 3.05. The molecule has 0 bridgehead atoms. The Morgan fingerprint density at radius 2 is 2.33 bits per heavy atom. The summed E-state index contributed by atoms with van der Waals surface area (Å²) in [5, 5.41) is 4.92. The van der Waals surface area contributed by atoms with Gasteiger partial charge in [-0.25, -0.2) is 18.4 Å². The average Bonchev–Trinajstić information content (AvgIpc) is 2.67. The second kappa shape index (κ2) is 4.28. The molecule has 0 saturated carbocycles. The number of hydrogen-bond acceptors (Lipinski definition) is 3. The third kappa shape index (κ3) is 1.68. The van der Waals surface area contributed by atoms with Crippen molar-refractivity contribution in [2.75, 3.05) is 0 Å². The van der Waals surface area contributed by atoms with Crippen molar-refractivity contribution < 1.29 is 4.39 Å². The summed E-state index contributed by atoms with van der Waals surface area (Å²) in [5.41, 5.74) is 1.40. The lowest BCUT2D eigenvalue weighted by atomic mass is 10.2. The number of nitrogens with zero attached hydrogens (tertiary/aromatic N) is 3. The van der Waals surface area contributed by atoms with Crippen LogP contribution in [0.4, 0.5) is 4.39 Å². The Balaban J connectivity index is 2.22. The lowest BCUT2D eigenvalue weighted by molar-refractivity contribution is 0.571. The van der Waals surface area contributed by atoms with Crippen molar-refractivity contribution in [2.24, 2.45) is 0 Å². The van der Waals surface area contributed by atoms with E-state index in [-0.39, 0.29) is 11.5 Å². The average molecular weight is 265 g/mol. The molecule has 3 rings (SSSR count). The smallest absolute Gasteiger partial charge is 0.246 e. The molecule has 1 aliphatic rings. The van der Waals surface area contributed by atoms with Crippen LogP contribution in [0.1, 0.15) is 18.9 Å². The molecule has 0 saturated heterocycles. The molecule has 1 aromatic carbocycles. The zero-order chi connectivity index (χ0) is 12.7. The molecule has 0 unspecified atom stereocenters. The Hall–Kier alpha value is -1.56. The minimum absolute atomic E-state index is 0.189. The molecule has 0 radical (unpaired) electrons. The molecule has 0 fully saturated rings. The molecule has 2 heterocycles. The van der Waals surface area contributed by atoms with Gasteiger partial charge in [-0.15, -0.1) is 5.10 Å². The van der Waals surface area contributed by atoms with Gasteiger partial charge in [0, 0.05) is 12.3 Å². The molecule has 1 aromatic heterocycles. The monoisotopic (exact) mass is 265 g/mol. The fraction of sp³-hybridized carbons (Fsp3) is 0.333. The Kier molecular flexibility index (Phi) is 2.74. The van der Waals surface area contributed by atoms with Crippen LogP contribution in [0.5, 0.6) is 0 Å². The van der Waals surface area contributed by atoms with Crippen LogP contribution in [0.3, 0.4) is 0 Å². The number of aryl methyl sites for hydroxylation is 1. The molecular weight excluding hydrogens is 253 g/mol. The van der Waals surface area contributed by atoms with Crippen LogP contribution in [-0.2, 0) is 12.3 Å². The molecule has 1 aliphatic heterocycles. The number of fused-ring (bicyclic) bond motifs is 3. The maximum absolute atomic E-state index is 13.3. The van der Waals surface area contributed by atoms with Gasteiger partial charge in [0.15, 0.2) is 5.16 Å². The normalized spacial score (nSPS) is 13.2. The number of rotatable bonds is 2. The van der Waals surface area contributed by atoms with Crippen LogP contribution in [-0.4, -0.2) is 14.3 Å². The summed E-state index contributed by atoms with van der Waals surface area (Å²) in [5.74, 6) is 0.389. The van der Waals surface area contributed by atoms with E-state index in [4.69, 9.17) is 0 Å². The number of aromatic nitrogens is 3. The maximum atomic E-state index is 13.3. The van der Waals surface area contributed by atoms with Crippen molar-refractivity contribution >= 4 is 11.8 Å². The van der Waals surface area contributed by atoms with E-state index in [1.165, 1.54) is 33.1 Å². The molecule has 4 nitrogen and oxygen atoms in total. The van der Waals surface area contributed by atoms with Crippen molar-refractivity contribution in [3.8, 4) is 5.69 Å². The number of benzene rings is 1. The van der Waals surface area contributed by atoms with Gasteiger partial charge >= 0.3 is 5.69 Å². The molecule has 18 heavy (non-hydrogen) atoms. The largest absolute Gasteiger partial charge is 0.351 e. The Morgan fingerprint density at radius 1 is 1.50 bits per heavy atom. The third-order valence-corrected chi connectivity index (χ3v) is 3.87. The van der Waals surface area contributed by atoms with E-state index in [1.54, 1.807) is 6.07 Å². The lowest BCUT2D eigenvalue weighted by Gasteiger charge is -2.15. The number of hydrogen-bond donors (Lipinski definition) is 0. The summed E-state index contributed by atoms with van der Waals surface area (Å²) >= 11 is 1.51. The van der Waals surface area contributed by atoms with Crippen LogP contribution >= 0.6 is 11.8 Å². The molecule has 0 atom stereocenters. The first-order valence-electron chi connectivity index (χ1n) is 5.82. The minimum atomic E-state index is -0.332. The quantitative estimate of drug-likeness (QED) is 0.835. The molecule has 2 aromatic rings. The summed E-state index contributed by atoms with van der Waals surface area (Å²) in [4.78, 5) is 12.2. The van der Waals surface area contributed by atoms with Gasteiger partial charge in [-0.3, -0.25) is 0 Å². The number of halogens is 1. The van der Waals surface area contributed by atoms with Crippen LogP contribution in [0.15, 0.2) is 28.2 Å². The zero-order valence-corrected chi connectivity index (χ0v) is 10.7. The minimum Gasteiger partial charge on any atom is -0.246 e. The van der Waals surface area contributed by atoms with E-state index in [9.17, 15) is 9.18 Å². The molecule has 0 N–H and O–H groups in total. The third-order valence-electron chi connectivity index (χ3n) is 2.89. The van der Waals surface area contributed by atoms with Gasteiger partial charge < -0.3 is 0 Å². The number of thioether (sulfide) groups is 1. The second-order valence-electron chi connectivity index (χ2n) is 4.19. The summed E-state index contributed by atoms with van der Waals surface area (Å²) < 4.78 is 16.3. The standard InChI is InChI=1S/C12H12FN3OS/c1-2-5-15-12(17)16-10-6-9(13)4-3-8(10)7-18-11(16)14-15/h3-4,6H,2,5,7H2,1H3. The summed E-state index contributed by atoms with van der Waals surface area (Å²) in [6, 6.07) is 4.55. The molecule has 94 valence electrons. The van der Waals surface area contributed by atoms with E-state index in [1.807, 2.05) is 6.92 Å². The highest BCUT2D eigenvalue weighted by atomic mass is 32.2. The summed E-state index contributed by atoms with van der Waals surface area (Å²) in [6.07, 6.45) is 0.844. The van der Waals surface area contributed by atoms with Gasteiger partial charge in [-0.05, 0) is 24.1 Å². The molecule has 6 heteroatoms. The van der Waals surface area contributed by atoms with E-state index in [0.29, 0.717) is 17.4 Å². The molecule has 0 amide bonds. The Labute approximate surface area is 107 Å². The maximum Gasteiger partial charge on any atom is 0.351 e. The topological polar surface area (TPSA) is 39.8 Å². The van der Waals surface area contributed by atoms with Gasteiger partial charge in [0.1, 0.15) is 5.82 Å². The van der Waals surface area contributed by atoms with Crippen molar-refractivity contribution in [3.63, 3.8) is 0 Å². The molecule has 0 spiro atoms. The Morgan fingerprint density at radius 3 is 3.11 bits per heavy atom. The van der Waals surface area contributed by atoms with Gasteiger partial charge in [-0.1, -0.05) is 24.8 Å². The van der Waals surface area contributed by atoms with Gasteiger partial charge in [0.25, 0.3) is 0 Å². The predicted molar refractivity (Wildman–Crippen MR) is 67.6 cm³/mol. The van der Waals surface area contributed by atoms with E-state index >= 15 is 0 Å². The first-order chi connectivity index (χ1) is 8.70. The van der Waals surface area contributed by atoms with E-state index < -0.39 is 0 Å². The highest BCUT2D eigenvalue weighted by Crippen LogP contribution is 2.31. The molecular formula is C12H12FN3OS. The van der Waals surface area contributed by atoms with Gasteiger partial charge in [0.05, 0.1) is 5.69 Å². The highest BCUT2D eigenvalue weighted by Gasteiger charge is 2.22. The Bertz CT molecular complexity index is 662. The van der Waals surface area contributed by atoms with Crippen molar-refractivity contribution in [1.82, 2.24) is 14.3 Å². The summed E-state index contributed by atoms with van der Waals surface area (Å²) in [7, 11) is 0. The highest BCUT2D eigenvalue weighted by molar-refractivity contribution is 7.98. The van der Waals surface area contributed by atoms with E-state index in [2.05, 4.69) is 5.10 Å². The van der Waals surface area contributed by atoms with Crippen LogP contribution < -0.4 is 5.69 Å². The van der Waals surface area contributed by atoms with Crippen molar-refractivity contribution in [3.05, 3.63) is 40.1 Å². The van der Waals surface area contributed by atoms with Gasteiger partial charge in [0.2, 0.25) is 0 Å². The second-order valence-corrected chi connectivity index (χ2v) is 5.13. The van der Waals surface area contributed by atoms with E-state index in [0.717, 1.165) is 17.7 Å².